The van der Waals surface area contributed by atoms with Crippen LogP contribution < -0.4 is 5.32 Å². The van der Waals surface area contributed by atoms with Crippen LogP contribution in [0.3, 0.4) is 0 Å². The fraction of sp³-hybridized carbons (Fsp3) is 0.900. The van der Waals surface area contributed by atoms with Crippen LogP contribution >= 0.6 is 0 Å². The van der Waals surface area contributed by atoms with Gasteiger partial charge in [0.25, 0.3) is 0 Å². The Morgan fingerprint density at radius 1 is 0.409 bits per heavy atom. The Morgan fingerprint density at radius 3 is 1.09 bits per heavy atom. The molecule has 2 atom stereocenters. The monoisotopic (exact) mass is 930 g/mol. The predicted octanol–water partition coefficient (Wildman–Crippen LogP) is 18.2. The van der Waals surface area contributed by atoms with Crippen LogP contribution in [0, 0.1) is 0 Å². The lowest BCUT2D eigenvalue weighted by molar-refractivity contribution is -0.143. The fourth-order valence-electron chi connectivity index (χ4n) is 9.16. The van der Waals surface area contributed by atoms with E-state index in [1.165, 1.54) is 218 Å². The average Bonchev–Trinajstić information content (AvgIpc) is 3.32. The van der Waals surface area contributed by atoms with E-state index in [2.05, 4.69) is 43.5 Å². The van der Waals surface area contributed by atoms with Gasteiger partial charge < -0.3 is 20.3 Å². The van der Waals surface area contributed by atoms with E-state index in [4.69, 9.17) is 4.74 Å². The molecule has 0 aromatic heterocycles. The third kappa shape index (κ3) is 51.7. The normalized spacial score (nSPS) is 12.7. The lowest BCUT2D eigenvalue weighted by atomic mass is 10.0. The van der Waals surface area contributed by atoms with Gasteiger partial charge in [-0.05, 0) is 77.0 Å². The fourth-order valence-corrected chi connectivity index (χ4v) is 9.16. The van der Waals surface area contributed by atoms with E-state index in [0.717, 1.165) is 70.6 Å². The predicted molar refractivity (Wildman–Crippen MR) is 287 cm³/mol. The summed E-state index contributed by atoms with van der Waals surface area (Å²) in [5.74, 6) is -0.0779. The summed E-state index contributed by atoms with van der Waals surface area (Å²) in [4.78, 5) is 24.6. The van der Waals surface area contributed by atoms with Gasteiger partial charge in [0.2, 0.25) is 5.91 Å². The van der Waals surface area contributed by atoms with E-state index >= 15 is 0 Å². The standard InChI is InChI=1S/C60H115NO5/c1-3-5-7-9-11-13-15-17-19-21-22-24-25-28-32-36-40-44-48-52-58(63)57(56-62)61-59(64)53-49-45-41-37-33-29-27-31-35-39-43-47-51-55-66-60(65)54-50-46-42-38-34-30-26-23-20-18-16-14-12-10-8-6-4-2/h18,20,29,33,57-58,62-63H,3-17,19,21-28,30-32,34-56H2,1-2H3,(H,61,64)/b20-18-,33-29-. The number of unbranched alkanes of at least 4 members (excludes halogenated alkanes) is 40. The zero-order chi connectivity index (χ0) is 47.9. The summed E-state index contributed by atoms with van der Waals surface area (Å²) in [7, 11) is 0. The molecule has 6 nitrogen and oxygen atoms in total. The summed E-state index contributed by atoms with van der Waals surface area (Å²) >= 11 is 0. The van der Waals surface area contributed by atoms with E-state index in [0.29, 0.717) is 25.9 Å². The second-order valence-electron chi connectivity index (χ2n) is 20.3. The highest BCUT2D eigenvalue weighted by atomic mass is 16.5. The van der Waals surface area contributed by atoms with Crippen molar-refractivity contribution in [3.8, 4) is 0 Å². The van der Waals surface area contributed by atoms with Crippen molar-refractivity contribution in [2.75, 3.05) is 13.2 Å². The third-order valence-electron chi connectivity index (χ3n) is 13.7. The summed E-state index contributed by atoms with van der Waals surface area (Å²) in [5, 5.41) is 23.3. The molecule has 66 heavy (non-hydrogen) atoms. The van der Waals surface area contributed by atoms with Gasteiger partial charge in [0.05, 0.1) is 25.4 Å². The number of ether oxygens (including phenoxy) is 1. The summed E-state index contributed by atoms with van der Waals surface area (Å²) in [6.07, 6.45) is 67.4. The van der Waals surface area contributed by atoms with Crippen molar-refractivity contribution in [1.82, 2.24) is 5.32 Å². The first kappa shape index (κ1) is 64.3. The van der Waals surface area contributed by atoms with Crippen molar-refractivity contribution in [2.45, 2.75) is 334 Å². The van der Waals surface area contributed by atoms with Gasteiger partial charge in [0.1, 0.15) is 0 Å². The molecule has 0 heterocycles. The number of aliphatic hydroxyl groups is 2. The Kier molecular flexibility index (Phi) is 54.5. The number of carbonyl (C=O) groups excluding carboxylic acids is 2. The van der Waals surface area contributed by atoms with E-state index in [1.54, 1.807) is 0 Å². The number of aliphatic hydroxyl groups excluding tert-OH is 2. The summed E-state index contributed by atoms with van der Waals surface area (Å²) in [6, 6.07) is -0.562. The Labute approximate surface area is 411 Å². The summed E-state index contributed by atoms with van der Waals surface area (Å²) in [5.41, 5.74) is 0. The molecule has 0 saturated carbocycles. The van der Waals surface area contributed by atoms with Crippen LogP contribution in [0.25, 0.3) is 0 Å². The number of nitrogens with one attached hydrogen (secondary N) is 1. The molecule has 0 aromatic rings. The Bertz CT molecular complexity index is 1030. The minimum atomic E-state index is -0.682. The maximum Gasteiger partial charge on any atom is 0.305 e. The van der Waals surface area contributed by atoms with E-state index in [-0.39, 0.29) is 18.5 Å². The van der Waals surface area contributed by atoms with E-state index < -0.39 is 12.1 Å². The maximum atomic E-state index is 12.5. The molecule has 0 radical (unpaired) electrons. The molecule has 2 unspecified atom stereocenters. The molecular weight excluding hydrogens is 815 g/mol. The lowest BCUT2D eigenvalue weighted by Gasteiger charge is -2.22. The van der Waals surface area contributed by atoms with Crippen LogP contribution in [0.4, 0.5) is 0 Å². The van der Waals surface area contributed by atoms with Crippen LogP contribution in [0.1, 0.15) is 322 Å². The number of rotatable bonds is 55. The minimum Gasteiger partial charge on any atom is -0.466 e. The number of carbonyl (C=O) groups is 2. The van der Waals surface area contributed by atoms with Crippen LogP contribution in [-0.2, 0) is 14.3 Å². The molecule has 0 bridgehead atoms. The zero-order valence-corrected chi connectivity index (χ0v) is 44.4. The Morgan fingerprint density at radius 2 is 0.712 bits per heavy atom. The van der Waals surface area contributed by atoms with Crippen molar-refractivity contribution in [1.29, 1.82) is 0 Å². The lowest BCUT2D eigenvalue weighted by Crippen LogP contribution is -2.45. The van der Waals surface area contributed by atoms with Crippen LogP contribution in [0.15, 0.2) is 24.3 Å². The zero-order valence-electron chi connectivity index (χ0n) is 44.4. The first-order chi connectivity index (χ1) is 32.5. The molecule has 0 spiro atoms. The van der Waals surface area contributed by atoms with Crippen molar-refractivity contribution >= 4 is 11.9 Å². The van der Waals surface area contributed by atoms with Gasteiger partial charge in [0, 0.05) is 12.8 Å². The third-order valence-corrected chi connectivity index (χ3v) is 13.7. The van der Waals surface area contributed by atoms with Crippen molar-refractivity contribution in [2.24, 2.45) is 0 Å². The smallest absolute Gasteiger partial charge is 0.305 e. The molecule has 0 rings (SSSR count). The van der Waals surface area contributed by atoms with Gasteiger partial charge in [-0.3, -0.25) is 9.59 Å². The Balaban J connectivity index is 3.48. The molecular formula is C60H115NO5. The second kappa shape index (κ2) is 55.9. The van der Waals surface area contributed by atoms with Crippen LogP contribution in [0.5, 0.6) is 0 Å². The molecule has 0 aromatic carbocycles. The van der Waals surface area contributed by atoms with Crippen molar-refractivity contribution < 1.29 is 24.5 Å². The van der Waals surface area contributed by atoms with Crippen molar-refractivity contribution in [3.63, 3.8) is 0 Å². The number of esters is 1. The van der Waals surface area contributed by atoms with Gasteiger partial charge in [-0.25, -0.2) is 0 Å². The molecule has 6 heteroatoms. The average molecular weight is 931 g/mol. The first-order valence-electron chi connectivity index (χ1n) is 29.6. The summed E-state index contributed by atoms with van der Waals surface area (Å²) < 4.78 is 5.47. The van der Waals surface area contributed by atoms with E-state index in [1.807, 2.05) is 0 Å². The van der Waals surface area contributed by atoms with Gasteiger partial charge in [0.15, 0.2) is 0 Å². The quantitative estimate of drug-likeness (QED) is 0.0321. The number of hydrogen-bond donors (Lipinski definition) is 3. The molecule has 0 saturated heterocycles. The molecule has 0 aliphatic heterocycles. The number of amides is 1. The topological polar surface area (TPSA) is 95.9 Å². The molecule has 3 N–H and O–H groups in total. The minimum absolute atomic E-state index is 0.0153. The highest BCUT2D eigenvalue weighted by Crippen LogP contribution is 2.17. The molecule has 0 aliphatic rings. The van der Waals surface area contributed by atoms with Gasteiger partial charge in [-0.15, -0.1) is 0 Å². The van der Waals surface area contributed by atoms with Crippen LogP contribution in [-0.4, -0.2) is 47.4 Å². The molecule has 1 amide bonds. The van der Waals surface area contributed by atoms with Gasteiger partial charge >= 0.3 is 5.97 Å². The molecule has 390 valence electrons. The van der Waals surface area contributed by atoms with Gasteiger partial charge in [-0.2, -0.15) is 0 Å². The van der Waals surface area contributed by atoms with E-state index in [9.17, 15) is 19.8 Å². The first-order valence-corrected chi connectivity index (χ1v) is 29.6. The van der Waals surface area contributed by atoms with Crippen LogP contribution in [0.2, 0.25) is 0 Å². The highest BCUT2D eigenvalue weighted by molar-refractivity contribution is 5.76. The Hall–Kier alpha value is -1.66. The van der Waals surface area contributed by atoms with Gasteiger partial charge in [-0.1, -0.05) is 256 Å². The maximum absolute atomic E-state index is 12.5. The molecule has 0 fully saturated rings. The summed E-state index contributed by atoms with van der Waals surface area (Å²) in [6.45, 7) is 4.92. The number of allylic oxidation sites excluding steroid dienone is 4. The highest BCUT2D eigenvalue weighted by Gasteiger charge is 2.20. The number of hydrogen-bond acceptors (Lipinski definition) is 5. The molecule has 0 aliphatic carbocycles. The second-order valence-corrected chi connectivity index (χ2v) is 20.3. The largest absolute Gasteiger partial charge is 0.466 e. The van der Waals surface area contributed by atoms with Crippen molar-refractivity contribution in [3.05, 3.63) is 24.3 Å². The SMILES string of the molecule is CCCCCCCC/C=C\CCCCCCCCCC(=O)OCCCCCCCC/C=C\CCCCCC(=O)NC(CO)C(O)CCCCCCCCCCCCCCCCCCCCC.